The molecule has 0 saturated heterocycles. The minimum absolute atomic E-state index is 0.433. The number of ether oxygens (including phenoxy) is 2. The Morgan fingerprint density at radius 2 is 1.05 bits per heavy atom. The Labute approximate surface area is 133 Å². The molecule has 1 rings (SSSR count). The van der Waals surface area contributed by atoms with Crippen LogP contribution in [0.25, 0.3) is 0 Å². The monoisotopic (exact) mass is 302 g/mol. The zero-order chi connectivity index (χ0) is 17.8. The van der Waals surface area contributed by atoms with Crippen molar-refractivity contribution in [1.82, 2.24) is 0 Å². The van der Waals surface area contributed by atoms with Crippen molar-refractivity contribution in [3.63, 3.8) is 0 Å². The first-order valence-corrected chi connectivity index (χ1v) is 7.57. The number of rotatable bonds is 1. The van der Waals surface area contributed by atoms with Crippen molar-refractivity contribution in [3.8, 4) is 5.75 Å². The van der Waals surface area contributed by atoms with E-state index in [1.807, 2.05) is 53.7 Å². The van der Waals surface area contributed by atoms with Gasteiger partial charge >= 0.3 is 0 Å². The van der Waals surface area contributed by atoms with Crippen molar-refractivity contribution >= 4 is 0 Å². The van der Waals surface area contributed by atoms with Crippen molar-refractivity contribution in [3.05, 3.63) is 28.8 Å². The van der Waals surface area contributed by atoms with E-state index in [0.717, 1.165) is 17.5 Å². The first-order valence-electron chi connectivity index (χ1n) is 7.57. The van der Waals surface area contributed by atoms with Gasteiger partial charge in [0, 0.05) is 28.4 Å². The number of phenolic OH excluding ortho intramolecular Hbond substituents is 1. The molecule has 1 N–H and O–H groups in total. The van der Waals surface area contributed by atoms with Crippen molar-refractivity contribution in [1.29, 1.82) is 0 Å². The SMILES string of the molecule is CC.CC.CCc1cc(C)c(O)c(C)c1.COC.COC. The number of aryl methyl sites for hydroxylation is 3. The fourth-order valence-corrected chi connectivity index (χ4v) is 1.25. The van der Waals surface area contributed by atoms with Gasteiger partial charge in [-0.1, -0.05) is 46.8 Å². The highest BCUT2D eigenvalue weighted by Gasteiger charge is 2.00. The molecular weight excluding hydrogens is 264 g/mol. The Hall–Kier alpha value is -1.06. The van der Waals surface area contributed by atoms with Gasteiger partial charge in [0.2, 0.25) is 0 Å². The summed E-state index contributed by atoms with van der Waals surface area (Å²) < 4.78 is 8.50. The van der Waals surface area contributed by atoms with Crippen LogP contribution in [-0.2, 0) is 15.9 Å². The quantitative estimate of drug-likeness (QED) is 0.779. The Balaban J connectivity index is -0.000000121. The standard InChI is InChI=1S/C10H14O.2C2H6O.2C2H6/c1-4-9-5-7(2)10(11)8(3)6-9;2*1-3-2;2*1-2/h5-6,11H,4H2,1-3H3;2*1-2H3;2*1-2H3. The molecule has 0 aliphatic rings. The van der Waals surface area contributed by atoms with E-state index in [4.69, 9.17) is 0 Å². The molecule has 3 nitrogen and oxygen atoms in total. The molecule has 0 amide bonds. The number of hydrogen-bond donors (Lipinski definition) is 1. The molecule has 1 aromatic rings. The summed E-state index contributed by atoms with van der Waals surface area (Å²) >= 11 is 0. The van der Waals surface area contributed by atoms with E-state index in [1.54, 1.807) is 28.4 Å². The summed E-state index contributed by atoms with van der Waals surface area (Å²) in [6.45, 7) is 14.0. The lowest BCUT2D eigenvalue weighted by atomic mass is 10.0. The van der Waals surface area contributed by atoms with Crippen molar-refractivity contribution in [2.75, 3.05) is 28.4 Å². The average molecular weight is 302 g/mol. The molecule has 128 valence electrons. The van der Waals surface area contributed by atoms with E-state index in [-0.39, 0.29) is 0 Å². The van der Waals surface area contributed by atoms with Gasteiger partial charge in [-0.25, -0.2) is 0 Å². The summed E-state index contributed by atoms with van der Waals surface area (Å²) in [5.74, 6) is 0.433. The summed E-state index contributed by atoms with van der Waals surface area (Å²) in [4.78, 5) is 0. The second-order valence-electron chi connectivity index (χ2n) is 3.75. The van der Waals surface area contributed by atoms with Crippen molar-refractivity contribution < 1.29 is 14.6 Å². The third-order valence-corrected chi connectivity index (χ3v) is 1.96. The number of phenols is 1. The zero-order valence-corrected chi connectivity index (χ0v) is 16.1. The van der Waals surface area contributed by atoms with Crippen LogP contribution in [0, 0.1) is 13.8 Å². The molecule has 3 heteroatoms. The Morgan fingerprint density at radius 3 is 1.24 bits per heavy atom. The molecule has 0 aliphatic heterocycles. The number of methoxy groups -OCH3 is 2. The lowest BCUT2D eigenvalue weighted by molar-refractivity contribution is 0.277. The van der Waals surface area contributed by atoms with Gasteiger partial charge in [0.25, 0.3) is 0 Å². The summed E-state index contributed by atoms with van der Waals surface area (Å²) in [5, 5.41) is 9.43. The van der Waals surface area contributed by atoms with Gasteiger partial charge in [0.05, 0.1) is 0 Å². The molecule has 0 fully saturated rings. The second kappa shape index (κ2) is 24.0. The van der Waals surface area contributed by atoms with Crippen LogP contribution in [0.3, 0.4) is 0 Å². The molecule has 0 spiro atoms. The smallest absolute Gasteiger partial charge is 0.121 e. The van der Waals surface area contributed by atoms with Crippen LogP contribution in [0.15, 0.2) is 12.1 Å². The average Bonchev–Trinajstić information content (AvgIpc) is 2.50. The van der Waals surface area contributed by atoms with Gasteiger partial charge in [-0.3, -0.25) is 0 Å². The van der Waals surface area contributed by atoms with Crippen LogP contribution < -0.4 is 0 Å². The van der Waals surface area contributed by atoms with Crippen LogP contribution >= 0.6 is 0 Å². The maximum Gasteiger partial charge on any atom is 0.121 e. The lowest BCUT2D eigenvalue weighted by Crippen LogP contribution is -1.85. The molecule has 0 heterocycles. The van der Waals surface area contributed by atoms with Gasteiger partial charge in [-0.05, 0) is 37.0 Å². The predicted octanol–water partition coefficient (Wildman–Crippen LogP) is 5.15. The fraction of sp³-hybridized carbons (Fsp3) is 0.667. The summed E-state index contributed by atoms with van der Waals surface area (Å²) in [5.41, 5.74) is 3.24. The largest absolute Gasteiger partial charge is 0.507 e. The molecule has 0 unspecified atom stereocenters. The van der Waals surface area contributed by atoms with E-state index < -0.39 is 0 Å². The van der Waals surface area contributed by atoms with Gasteiger partial charge in [-0.15, -0.1) is 0 Å². The van der Waals surface area contributed by atoms with Crippen LogP contribution in [-0.4, -0.2) is 33.5 Å². The molecule has 1 aromatic carbocycles. The first-order chi connectivity index (χ1) is 9.98. The normalized spacial score (nSPS) is 7.57. The molecule has 0 atom stereocenters. The molecule has 21 heavy (non-hydrogen) atoms. The van der Waals surface area contributed by atoms with Gasteiger partial charge in [0.1, 0.15) is 5.75 Å². The Morgan fingerprint density at radius 1 is 0.810 bits per heavy atom. The highest BCUT2D eigenvalue weighted by atomic mass is 16.5. The molecule has 0 bridgehead atoms. The molecule has 0 saturated carbocycles. The third-order valence-electron chi connectivity index (χ3n) is 1.96. The summed E-state index contributed by atoms with van der Waals surface area (Å²) in [6, 6.07) is 4.06. The highest BCUT2D eigenvalue weighted by Crippen LogP contribution is 2.22. The summed E-state index contributed by atoms with van der Waals surface area (Å²) in [6.07, 6.45) is 1.03. The van der Waals surface area contributed by atoms with E-state index in [1.165, 1.54) is 5.56 Å². The van der Waals surface area contributed by atoms with E-state index in [0.29, 0.717) is 5.75 Å². The van der Waals surface area contributed by atoms with E-state index in [2.05, 4.69) is 16.4 Å². The maximum absolute atomic E-state index is 9.43. The predicted molar refractivity (Wildman–Crippen MR) is 95.5 cm³/mol. The van der Waals surface area contributed by atoms with Crippen LogP contribution in [0.5, 0.6) is 5.75 Å². The number of benzene rings is 1. The highest BCUT2D eigenvalue weighted by molar-refractivity contribution is 5.41. The van der Waals surface area contributed by atoms with Crippen molar-refractivity contribution in [2.24, 2.45) is 0 Å². The van der Waals surface area contributed by atoms with E-state index >= 15 is 0 Å². The minimum Gasteiger partial charge on any atom is -0.507 e. The topological polar surface area (TPSA) is 38.7 Å². The Kier molecular flexibility index (Phi) is 32.2. The van der Waals surface area contributed by atoms with Crippen LogP contribution in [0.2, 0.25) is 0 Å². The molecule has 0 aliphatic carbocycles. The Bertz CT molecular complexity index is 272. The molecule has 0 aromatic heterocycles. The molecule has 0 radical (unpaired) electrons. The third kappa shape index (κ3) is 18.9. The summed E-state index contributed by atoms with van der Waals surface area (Å²) in [7, 11) is 6.50. The van der Waals surface area contributed by atoms with Gasteiger partial charge in [0.15, 0.2) is 0 Å². The van der Waals surface area contributed by atoms with Crippen LogP contribution in [0.1, 0.15) is 51.3 Å². The maximum atomic E-state index is 9.43. The molecular formula is C18H38O3. The van der Waals surface area contributed by atoms with E-state index in [9.17, 15) is 5.11 Å². The second-order valence-corrected chi connectivity index (χ2v) is 3.75. The fourth-order valence-electron chi connectivity index (χ4n) is 1.25. The lowest BCUT2D eigenvalue weighted by Gasteiger charge is -2.05. The minimum atomic E-state index is 0.433. The van der Waals surface area contributed by atoms with Crippen LogP contribution in [0.4, 0.5) is 0 Å². The van der Waals surface area contributed by atoms with Gasteiger partial charge < -0.3 is 14.6 Å². The van der Waals surface area contributed by atoms with Crippen molar-refractivity contribution in [2.45, 2.75) is 54.9 Å². The number of hydrogen-bond acceptors (Lipinski definition) is 3. The zero-order valence-electron chi connectivity index (χ0n) is 16.1. The first kappa shape index (κ1) is 28.2. The number of aromatic hydroxyl groups is 1. The van der Waals surface area contributed by atoms with Gasteiger partial charge in [-0.2, -0.15) is 0 Å².